The molecule has 20 heavy (non-hydrogen) atoms. The minimum Gasteiger partial charge on any atom is -0.311 e. The Labute approximate surface area is 123 Å². The molecule has 0 aliphatic heterocycles. The third-order valence-corrected chi connectivity index (χ3v) is 3.71. The first-order valence-corrected chi connectivity index (χ1v) is 7.54. The molecule has 2 nitrogen and oxygen atoms in total. The van der Waals surface area contributed by atoms with Gasteiger partial charge in [-0.2, -0.15) is 0 Å². The number of nitrogens with one attached hydrogen (secondary N) is 1. The van der Waals surface area contributed by atoms with Crippen LogP contribution in [0.25, 0.3) is 16.6 Å². The molecule has 4 heteroatoms. The summed E-state index contributed by atoms with van der Waals surface area (Å²) < 4.78 is 12.9. The fourth-order valence-corrected chi connectivity index (χ4v) is 2.53. The van der Waals surface area contributed by atoms with Crippen molar-refractivity contribution < 1.29 is 4.39 Å². The van der Waals surface area contributed by atoms with Gasteiger partial charge in [0.15, 0.2) is 0 Å². The van der Waals surface area contributed by atoms with E-state index in [0.29, 0.717) is 6.04 Å². The van der Waals surface area contributed by atoms with Gasteiger partial charge in [0.1, 0.15) is 10.8 Å². The average Bonchev–Trinajstić information content (AvgIpc) is 2.85. The van der Waals surface area contributed by atoms with Crippen LogP contribution in [0.15, 0.2) is 35.2 Å². The van der Waals surface area contributed by atoms with E-state index in [1.807, 2.05) is 5.38 Å². The van der Waals surface area contributed by atoms with Crippen LogP contribution in [0.5, 0.6) is 0 Å². The normalized spacial score (nSPS) is 12.2. The Balaban J connectivity index is 2.09. The van der Waals surface area contributed by atoms with Gasteiger partial charge < -0.3 is 5.32 Å². The summed E-state index contributed by atoms with van der Waals surface area (Å²) in [5.74, 6) is -0.221. The largest absolute Gasteiger partial charge is 0.311 e. The first kappa shape index (κ1) is 14.9. The standard InChI is InChI=1S/C16H19FN2S/c1-11(2)18-9-12(3)8-15-10-20-16(19-15)13-4-6-14(17)7-5-13/h4-8,10-11,18H,9H2,1-3H3. The lowest BCUT2D eigenvalue weighted by atomic mass is 10.2. The molecule has 1 aromatic carbocycles. The number of nitrogens with zero attached hydrogens (tertiary/aromatic N) is 1. The Morgan fingerprint density at radius 2 is 2.05 bits per heavy atom. The van der Waals surface area contributed by atoms with E-state index in [1.54, 1.807) is 23.5 Å². The van der Waals surface area contributed by atoms with Gasteiger partial charge in [-0.3, -0.25) is 0 Å². The van der Waals surface area contributed by atoms with Crippen molar-refractivity contribution in [3.8, 4) is 10.6 Å². The number of thiazole rings is 1. The zero-order valence-corrected chi connectivity index (χ0v) is 12.8. The summed E-state index contributed by atoms with van der Waals surface area (Å²) in [7, 11) is 0. The summed E-state index contributed by atoms with van der Waals surface area (Å²) in [6.07, 6.45) is 2.08. The molecule has 106 valence electrons. The summed E-state index contributed by atoms with van der Waals surface area (Å²) >= 11 is 1.58. The van der Waals surface area contributed by atoms with E-state index in [0.717, 1.165) is 22.8 Å². The zero-order chi connectivity index (χ0) is 14.5. The highest BCUT2D eigenvalue weighted by Gasteiger charge is 2.04. The van der Waals surface area contributed by atoms with E-state index in [1.165, 1.54) is 17.7 Å². The topological polar surface area (TPSA) is 24.9 Å². The Hall–Kier alpha value is -1.52. The van der Waals surface area contributed by atoms with Crippen molar-refractivity contribution in [1.29, 1.82) is 0 Å². The highest BCUT2D eigenvalue weighted by Crippen LogP contribution is 2.24. The second kappa shape index (κ2) is 6.77. The van der Waals surface area contributed by atoms with E-state index < -0.39 is 0 Å². The number of benzene rings is 1. The Morgan fingerprint density at radius 3 is 2.70 bits per heavy atom. The van der Waals surface area contributed by atoms with Crippen molar-refractivity contribution >= 4 is 17.4 Å². The average molecular weight is 290 g/mol. The smallest absolute Gasteiger partial charge is 0.124 e. The fraction of sp³-hybridized carbons (Fsp3) is 0.312. The molecule has 0 aliphatic carbocycles. The van der Waals surface area contributed by atoms with Gasteiger partial charge in [0.25, 0.3) is 0 Å². The zero-order valence-electron chi connectivity index (χ0n) is 12.0. The Bertz CT molecular complexity index is 585. The van der Waals surface area contributed by atoms with Gasteiger partial charge in [-0.05, 0) is 37.3 Å². The third-order valence-electron chi connectivity index (χ3n) is 2.80. The van der Waals surface area contributed by atoms with Gasteiger partial charge in [0.05, 0.1) is 5.69 Å². The first-order valence-electron chi connectivity index (χ1n) is 6.66. The lowest BCUT2D eigenvalue weighted by molar-refractivity contribution is 0.622. The summed E-state index contributed by atoms with van der Waals surface area (Å²) in [5, 5.41) is 6.32. The van der Waals surface area contributed by atoms with Crippen LogP contribution in [0.1, 0.15) is 26.5 Å². The molecule has 2 rings (SSSR count). The van der Waals surface area contributed by atoms with Crippen molar-refractivity contribution in [3.63, 3.8) is 0 Å². The summed E-state index contributed by atoms with van der Waals surface area (Å²) in [6.45, 7) is 7.21. The molecule has 0 atom stereocenters. The van der Waals surface area contributed by atoms with Crippen LogP contribution in [0, 0.1) is 5.82 Å². The van der Waals surface area contributed by atoms with Crippen LogP contribution in [-0.2, 0) is 0 Å². The van der Waals surface area contributed by atoms with E-state index in [9.17, 15) is 4.39 Å². The molecule has 0 saturated carbocycles. The molecule has 0 unspecified atom stereocenters. The molecular formula is C16H19FN2S. The number of hydrogen-bond acceptors (Lipinski definition) is 3. The van der Waals surface area contributed by atoms with Gasteiger partial charge in [-0.15, -0.1) is 11.3 Å². The summed E-state index contributed by atoms with van der Waals surface area (Å²) in [6, 6.07) is 6.92. The van der Waals surface area contributed by atoms with Crippen LogP contribution >= 0.6 is 11.3 Å². The molecular weight excluding hydrogens is 271 g/mol. The van der Waals surface area contributed by atoms with Crippen LogP contribution in [0.2, 0.25) is 0 Å². The highest BCUT2D eigenvalue weighted by molar-refractivity contribution is 7.13. The lowest BCUT2D eigenvalue weighted by Gasteiger charge is -2.07. The van der Waals surface area contributed by atoms with Crippen LogP contribution in [0.4, 0.5) is 4.39 Å². The number of hydrogen-bond donors (Lipinski definition) is 1. The van der Waals surface area contributed by atoms with E-state index in [2.05, 4.69) is 37.1 Å². The van der Waals surface area contributed by atoms with Gasteiger partial charge in [-0.1, -0.05) is 19.4 Å². The first-order chi connectivity index (χ1) is 9.54. The molecule has 0 bridgehead atoms. The molecule has 0 amide bonds. The quantitative estimate of drug-likeness (QED) is 0.885. The summed E-state index contributed by atoms with van der Waals surface area (Å²) in [4.78, 5) is 4.57. The fourth-order valence-electron chi connectivity index (χ4n) is 1.75. The van der Waals surface area contributed by atoms with Gasteiger partial charge in [-0.25, -0.2) is 9.37 Å². The predicted octanol–water partition coefficient (Wildman–Crippen LogP) is 4.35. The van der Waals surface area contributed by atoms with E-state index >= 15 is 0 Å². The summed E-state index contributed by atoms with van der Waals surface area (Å²) in [5.41, 5.74) is 3.15. The molecule has 0 radical (unpaired) electrons. The van der Waals surface area contributed by atoms with Gasteiger partial charge >= 0.3 is 0 Å². The molecule has 1 heterocycles. The van der Waals surface area contributed by atoms with Crippen LogP contribution in [-0.4, -0.2) is 17.6 Å². The van der Waals surface area contributed by atoms with Crippen molar-refractivity contribution in [2.75, 3.05) is 6.54 Å². The van der Waals surface area contributed by atoms with Gasteiger partial charge in [0.2, 0.25) is 0 Å². The molecule has 0 aliphatic rings. The highest BCUT2D eigenvalue weighted by atomic mass is 32.1. The maximum atomic E-state index is 12.9. The molecule has 1 N–H and O–H groups in total. The van der Waals surface area contributed by atoms with Crippen LogP contribution < -0.4 is 5.32 Å². The van der Waals surface area contributed by atoms with Crippen molar-refractivity contribution in [2.24, 2.45) is 0 Å². The predicted molar refractivity (Wildman–Crippen MR) is 84.3 cm³/mol. The molecule has 0 fully saturated rings. The molecule has 2 aromatic rings. The molecule has 1 aromatic heterocycles. The molecule has 0 spiro atoms. The minimum absolute atomic E-state index is 0.221. The Kier molecular flexibility index (Phi) is 5.04. The lowest BCUT2D eigenvalue weighted by Crippen LogP contribution is -2.24. The van der Waals surface area contributed by atoms with Crippen LogP contribution in [0.3, 0.4) is 0 Å². The van der Waals surface area contributed by atoms with Crippen molar-refractivity contribution in [1.82, 2.24) is 10.3 Å². The van der Waals surface area contributed by atoms with Crippen molar-refractivity contribution in [3.05, 3.63) is 46.7 Å². The van der Waals surface area contributed by atoms with E-state index in [4.69, 9.17) is 0 Å². The number of halogens is 1. The van der Waals surface area contributed by atoms with Gasteiger partial charge in [0, 0.05) is 23.5 Å². The number of rotatable bonds is 5. The maximum absolute atomic E-state index is 12.9. The maximum Gasteiger partial charge on any atom is 0.124 e. The third kappa shape index (κ3) is 4.25. The van der Waals surface area contributed by atoms with Crippen molar-refractivity contribution in [2.45, 2.75) is 26.8 Å². The minimum atomic E-state index is -0.221. The monoisotopic (exact) mass is 290 g/mol. The molecule has 0 saturated heterocycles. The SMILES string of the molecule is CC(=Cc1csc(-c2ccc(F)cc2)n1)CNC(C)C. The second-order valence-corrected chi connectivity index (χ2v) is 5.97. The second-order valence-electron chi connectivity index (χ2n) is 5.11. The number of aromatic nitrogens is 1. The van der Waals surface area contributed by atoms with E-state index in [-0.39, 0.29) is 5.82 Å². The Morgan fingerprint density at radius 1 is 1.35 bits per heavy atom.